The first-order valence-electron chi connectivity index (χ1n) is 6.61. The van der Waals surface area contributed by atoms with Crippen LogP contribution in [0.2, 0.25) is 5.15 Å². The third-order valence-corrected chi connectivity index (χ3v) is 4.81. The molecule has 1 aliphatic rings. The standard InChI is InChI=1S/C14H18BrClN2O/c1-8-4-3-5-12(9(8)2)18-14(19)11-6-10(15)7-17-13(11)16/h6-9,12H,3-5H2,1-2H3,(H,18,19). The molecule has 1 fully saturated rings. The molecule has 1 N–H and O–H groups in total. The normalized spacial score (nSPS) is 27.1. The molecule has 1 saturated carbocycles. The Morgan fingerprint density at radius 2 is 2.21 bits per heavy atom. The van der Waals surface area contributed by atoms with Gasteiger partial charge in [-0.3, -0.25) is 4.79 Å². The van der Waals surface area contributed by atoms with Crippen molar-refractivity contribution in [3.05, 3.63) is 27.5 Å². The van der Waals surface area contributed by atoms with Crippen LogP contribution < -0.4 is 5.32 Å². The van der Waals surface area contributed by atoms with Crippen molar-refractivity contribution >= 4 is 33.4 Å². The van der Waals surface area contributed by atoms with E-state index in [1.807, 2.05) is 0 Å². The van der Waals surface area contributed by atoms with Gasteiger partial charge in [0.1, 0.15) is 5.15 Å². The maximum Gasteiger partial charge on any atom is 0.254 e. The van der Waals surface area contributed by atoms with E-state index in [1.165, 1.54) is 12.8 Å². The summed E-state index contributed by atoms with van der Waals surface area (Å²) < 4.78 is 0.757. The third kappa shape index (κ3) is 3.48. The molecule has 0 bridgehead atoms. The van der Waals surface area contributed by atoms with Crippen molar-refractivity contribution in [3.8, 4) is 0 Å². The summed E-state index contributed by atoms with van der Waals surface area (Å²) in [7, 11) is 0. The number of amides is 1. The first kappa shape index (κ1) is 14.8. The molecule has 0 radical (unpaired) electrons. The first-order chi connectivity index (χ1) is 8.99. The summed E-state index contributed by atoms with van der Waals surface area (Å²) in [5.74, 6) is 1.01. The highest BCUT2D eigenvalue weighted by Gasteiger charge is 2.28. The minimum absolute atomic E-state index is 0.134. The fourth-order valence-electron chi connectivity index (χ4n) is 2.61. The lowest BCUT2D eigenvalue weighted by Crippen LogP contribution is -2.43. The molecule has 1 aliphatic carbocycles. The van der Waals surface area contributed by atoms with Gasteiger partial charge in [-0.25, -0.2) is 4.98 Å². The minimum Gasteiger partial charge on any atom is -0.349 e. The summed E-state index contributed by atoms with van der Waals surface area (Å²) in [5, 5.41) is 3.35. The van der Waals surface area contributed by atoms with Crippen molar-refractivity contribution in [2.24, 2.45) is 11.8 Å². The van der Waals surface area contributed by atoms with E-state index in [0.29, 0.717) is 17.4 Å². The van der Waals surface area contributed by atoms with E-state index in [0.717, 1.165) is 10.9 Å². The zero-order valence-corrected chi connectivity index (χ0v) is 13.5. The predicted octanol–water partition coefficient (Wildman–Crippen LogP) is 4.05. The number of pyridine rings is 1. The Kier molecular flexibility index (Phi) is 4.85. The van der Waals surface area contributed by atoms with Crippen LogP contribution in [-0.4, -0.2) is 16.9 Å². The lowest BCUT2D eigenvalue weighted by Gasteiger charge is -2.34. The second kappa shape index (κ2) is 6.23. The van der Waals surface area contributed by atoms with Gasteiger partial charge >= 0.3 is 0 Å². The van der Waals surface area contributed by atoms with Crippen molar-refractivity contribution in [2.75, 3.05) is 0 Å². The summed E-state index contributed by atoms with van der Waals surface area (Å²) in [4.78, 5) is 16.3. The fraction of sp³-hybridized carbons (Fsp3) is 0.571. The predicted molar refractivity (Wildman–Crippen MR) is 80.4 cm³/mol. The van der Waals surface area contributed by atoms with Gasteiger partial charge in [0.25, 0.3) is 5.91 Å². The molecular weight excluding hydrogens is 328 g/mol. The molecule has 0 saturated heterocycles. The molecule has 3 unspecified atom stereocenters. The number of carbonyl (C=O) groups excluding carboxylic acids is 1. The second-order valence-electron chi connectivity index (χ2n) is 5.34. The van der Waals surface area contributed by atoms with Gasteiger partial charge < -0.3 is 5.32 Å². The second-order valence-corrected chi connectivity index (χ2v) is 6.61. The molecule has 3 atom stereocenters. The van der Waals surface area contributed by atoms with Gasteiger partial charge in [0.2, 0.25) is 0 Å². The molecule has 5 heteroatoms. The van der Waals surface area contributed by atoms with Crippen LogP contribution in [0.3, 0.4) is 0 Å². The van der Waals surface area contributed by atoms with Gasteiger partial charge in [-0.05, 0) is 40.3 Å². The maximum atomic E-state index is 12.3. The molecule has 19 heavy (non-hydrogen) atoms. The number of rotatable bonds is 2. The highest BCUT2D eigenvalue weighted by molar-refractivity contribution is 9.10. The Morgan fingerprint density at radius 3 is 2.95 bits per heavy atom. The molecule has 2 rings (SSSR count). The highest BCUT2D eigenvalue weighted by atomic mass is 79.9. The van der Waals surface area contributed by atoms with Gasteiger partial charge in [0.05, 0.1) is 5.56 Å². The van der Waals surface area contributed by atoms with Crippen molar-refractivity contribution in [1.29, 1.82) is 0 Å². The topological polar surface area (TPSA) is 42.0 Å². The average Bonchev–Trinajstić information content (AvgIpc) is 2.38. The van der Waals surface area contributed by atoms with Gasteiger partial charge in [-0.1, -0.05) is 38.3 Å². The van der Waals surface area contributed by atoms with E-state index in [4.69, 9.17) is 11.6 Å². The van der Waals surface area contributed by atoms with E-state index in [9.17, 15) is 4.79 Å². The van der Waals surface area contributed by atoms with Gasteiger partial charge in [-0.2, -0.15) is 0 Å². The number of hydrogen-bond acceptors (Lipinski definition) is 2. The summed E-state index contributed by atoms with van der Waals surface area (Å²) in [5.41, 5.74) is 0.432. The first-order valence-corrected chi connectivity index (χ1v) is 7.78. The Hall–Kier alpha value is -0.610. The van der Waals surface area contributed by atoms with Crippen LogP contribution in [0.15, 0.2) is 16.7 Å². The molecule has 1 aromatic heterocycles. The van der Waals surface area contributed by atoms with Crippen LogP contribution in [0.4, 0.5) is 0 Å². The summed E-state index contributed by atoms with van der Waals surface area (Å²) in [6.45, 7) is 4.45. The monoisotopic (exact) mass is 344 g/mol. The van der Waals surface area contributed by atoms with Crippen LogP contribution in [0.25, 0.3) is 0 Å². The molecular formula is C14H18BrClN2O. The largest absolute Gasteiger partial charge is 0.349 e. The van der Waals surface area contributed by atoms with E-state index < -0.39 is 0 Å². The maximum absolute atomic E-state index is 12.3. The number of nitrogens with zero attached hydrogens (tertiary/aromatic N) is 1. The zero-order chi connectivity index (χ0) is 14.0. The van der Waals surface area contributed by atoms with Crippen LogP contribution >= 0.6 is 27.5 Å². The minimum atomic E-state index is -0.134. The Morgan fingerprint density at radius 1 is 1.47 bits per heavy atom. The SMILES string of the molecule is CC1CCCC(NC(=O)c2cc(Br)cnc2Cl)C1C. The fourth-order valence-corrected chi connectivity index (χ4v) is 3.13. The third-order valence-electron chi connectivity index (χ3n) is 4.07. The molecule has 0 spiro atoms. The number of halogens is 2. The van der Waals surface area contributed by atoms with Crippen LogP contribution in [0, 0.1) is 11.8 Å². The summed E-state index contributed by atoms with van der Waals surface area (Å²) in [6, 6.07) is 1.94. The van der Waals surface area contributed by atoms with E-state index in [1.54, 1.807) is 12.3 Å². The molecule has 0 aromatic carbocycles. The highest BCUT2D eigenvalue weighted by Crippen LogP contribution is 2.30. The summed E-state index contributed by atoms with van der Waals surface area (Å²) >= 11 is 9.29. The Bertz CT molecular complexity index is 481. The average molecular weight is 346 g/mol. The smallest absolute Gasteiger partial charge is 0.254 e. The van der Waals surface area contributed by atoms with E-state index in [2.05, 4.69) is 40.1 Å². The Labute approximate surface area is 127 Å². The van der Waals surface area contributed by atoms with Crippen LogP contribution in [0.5, 0.6) is 0 Å². The van der Waals surface area contributed by atoms with Crippen LogP contribution in [0.1, 0.15) is 43.5 Å². The molecule has 1 heterocycles. The summed E-state index contributed by atoms with van der Waals surface area (Å²) in [6.07, 6.45) is 5.04. The molecule has 0 aliphatic heterocycles. The van der Waals surface area contributed by atoms with E-state index >= 15 is 0 Å². The number of carbonyl (C=O) groups is 1. The van der Waals surface area contributed by atoms with Crippen molar-refractivity contribution in [3.63, 3.8) is 0 Å². The van der Waals surface area contributed by atoms with Crippen molar-refractivity contribution < 1.29 is 4.79 Å². The zero-order valence-electron chi connectivity index (χ0n) is 11.1. The van der Waals surface area contributed by atoms with Gasteiger partial charge in [0.15, 0.2) is 0 Å². The van der Waals surface area contributed by atoms with Crippen molar-refractivity contribution in [2.45, 2.75) is 39.2 Å². The molecule has 1 aromatic rings. The lowest BCUT2D eigenvalue weighted by atomic mass is 9.78. The Balaban J connectivity index is 2.10. The van der Waals surface area contributed by atoms with Gasteiger partial charge in [0, 0.05) is 16.7 Å². The number of hydrogen-bond donors (Lipinski definition) is 1. The number of nitrogens with one attached hydrogen (secondary N) is 1. The molecule has 1 amide bonds. The lowest BCUT2D eigenvalue weighted by molar-refractivity contribution is 0.0891. The van der Waals surface area contributed by atoms with Crippen molar-refractivity contribution in [1.82, 2.24) is 10.3 Å². The van der Waals surface area contributed by atoms with E-state index in [-0.39, 0.29) is 17.1 Å². The van der Waals surface area contributed by atoms with Gasteiger partial charge in [-0.15, -0.1) is 0 Å². The molecule has 3 nitrogen and oxygen atoms in total. The number of aromatic nitrogens is 1. The molecule has 104 valence electrons. The quantitative estimate of drug-likeness (QED) is 0.822. The van der Waals surface area contributed by atoms with Crippen LogP contribution in [-0.2, 0) is 0 Å².